The largest absolute Gasteiger partial charge is 0.388 e. The Morgan fingerprint density at radius 2 is 2.24 bits per heavy atom. The Balaban J connectivity index is 1.87. The van der Waals surface area contributed by atoms with Crippen LogP contribution >= 0.6 is 12.2 Å². The smallest absolute Gasteiger partial charge is 0.124 e. The molecule has 1 fully saturated rings. The van der Waals surface area contributed by atoms with Crippen LogP contribution in [0.3, 0.4) is 0 Å². The fraction of sp³-hybridized carbons (Fsp3) is 0.500. The summed E-state index contributed by atoms with van der Waals surface area (Å²) in [6.45, 7) is 4.40. The molecule has 1 aliphatic rings. The number of anilines is 1. The molecule has 5 heteroatoms. The number of thiocarbonyl (C=S) groups is 1. The lowest BCUT2D eigenvalue weighted by Gasteiger charge is -2.16. The number of likely N-dealkylation sites (tertiary alicyclic amines) is 1. The molecule has 17 heavy (non-hydrogen) atoms. The summed E-state index contributed by atoms with van der Waals surface area (Å²) in [7, 11) is 0. The van der Waals surface area contributed by atoms with Gasteiger partial charge in [-0.3, -0.25) is 4.98 Å². The third-order valence-electron chi connectivity index (χ3n) is 2.98. The Labute approximate surface area is 107 Å². The van der Waals surface area contributed by atoms with Crippen LogP contribution in [-0.4, -0.2) is 41.1 Å². The van der Waals surface area contributed by atoms with Crippen LogP contribution < -0.4 is 11.1 Å². The van der Waals surface area contributed by atoms with Crippen LogP contribution in [0.1, 0.15) is 18.5 Å². The zero-order valence-electron chi connectivity index (χ0n) is 9.85. The van der Waals surface area contributed by atoms with Gasteiger partial charge in [-0.05, 0) is 38.1 Å². The number of hydrogen-bond acceptors (Lipinski definition) is 4. The highest BCUT2D eigenvalue weighted by molar-refractivity contribution is 7.80. The van der Waals surface area contributed by atoms with Crippen molar-refractivity contribution in [2.45, 2.75) is 12.8 Å². The van der Waals surface area contributed by atoms with E-state index in [9.17, 15) is 0 Å². The van der Waals surface area contributed by atoms with Crippen LogP contribution in [0.25, 0.3) is 0 Å². The minimum Gasteiger partial charge on any atom is -0.388 e. The molecule has 0 atom stereocenters. The summed E-state index contributed by atoms with van der Waals surface area (Å²) >= 11 is 4.97. The summed E-state index contributed by atoms with van der Waals surface area (Å²) in [4.78, 5) is 6.99. The third-order valence-corrected chi connectivity index (χ3v) is 3.18. The highest BCUT2D eigenvalue weighted by atomic mass is 32.1. The number of nitrogens with zero attached hydrogens (tertiary/aromatic N) is 2. The maximum absolute atomic E-state index is 5.63. The molecule has 0 aliphatic carbocycles. The van der Waals surface area contributed by atoms with Gasteiger partial charge in [0.1, 0.15) is 10.7 Å². The third kappa shape index (κ3) is 3.38. The number of rotatable bonds is 5. The zero-order chi connectivity index (χ0) is 12.1. The van der Waals surface area contributed by atoms with Gasteiger partial charge in [0.2, 0.25) is 0 Å². The van der Waals surface area contributed by atoms with E-state index in [1.165, 1.54) is 25.9 Å². The maximum Gasteiger partial charge on any atom is 0.124 e. The van der Waals surface area contributed by atoms with Crippen molar-refractivity contribution in [3.8, 4) is 0 Å². The first-order chi connectivity index (χ1) is 8.27. The van der Waals surface area contributed by atoms with Gasteiger partial charge in [-0.15, -0.1) is 0 Å². The van der Waals surface area contributed by atoms with E-state index in [-0.39, 0.29) is 0 Å². The molecule has 1 saturated heterocycles. The summed E-state index contributed by atoms with van der Waals surface area (Å²) in [6.07, 6.45) is 4.36. The first kappa shape index (κ1) is 12.3. The second-order valence-corrected chi connectivity index (χ2v) is 4.68. The SMILES string of the molecule is NC(=S)c1ncccc1NCCN1CCCC1. The van der Waals surface area contributed by atoms with Gasteiger partial charge >= 0.3 is 0 Å². The van der Waals surface area contributed by atoms with Gasteiger partial charge in [-0.1, -0.05) is 12.2 Å². The lowest BCUT2D eigenvalue weighted by molar-refractivity contribution is 0.352. The molecule has 0 amide bonds. The van der Waals surface area contributed by atoms with Crippen LogP contribution in [-0.2, 0) is 0 Å². The summed E-state index contributed by atoms with van der Waals surface area (Å²) in [6, 6.07) is 3.85. The Morgan fingerprint density at radius 3 is 2.94 bits per heavy atom. The molecule has 2 heterocycles. The lowest BCUT2D eigenvalue weighted by Crippen LogP contribution is -2.26. The van der Waals surface area contributed by atoms with Crippen LogP contribution in [0.2, 0.25) is 0 Å². The first-order valence-corrected chi connectivity index (χ1v) is 6.39. The Bertz CT molecular complexity index is 388. The minimum absolute atomic E-state index is 0.342. The highest BCUT2D eigenvalue weighted by Crippen LogP contribution is 2.12. The molecule has 4 nitrogen and oxygen atoms in total. The van der Waals surface area contributed by atoms with E-state index in [1.54, 1.807) is 6.20 Å². The molecule has 1 aromatic heterocycles. The van der Waals surface area contributed by atoms with Gasteiger partial charge in [-0.25, -0.2) is 0 Å². The Hall–Kier alpha value is -1.20. The van der Waals surface area contributed by atoms with E-state index in [2.05, 4.69) is 15.2 Å². The van der Waals surface area contributed by atoms with Crippen molar-refractivity contribution < 1.29 is 0 Å². The predicted molar refractivity (Wildman–Crippen MR) is 74.3 cm³/mol. The molecule has 0 unspecified atom stereocenters. The predicted octanol–water partition coefficient (Wildman–Crippen LogP) is 1.22. The summed E-state index contributed by atoms with van der Waals surface area (Å²) in [5.74, 6) is 0. The molecule has 0 bridgehead atoms. The molecule has 0 aromatic carbocycles. The van der Waals surface area contributed by atoms with Crippen molar-refractivity contribution in [1.82, 2.24) is 9.88 Å². The van der Waals surface area contributed by atoms with Gasteiger partial charge < -0.3 is 16.0 Å². The molecule has 92 valence electrons. The number of aromatic nitrogens is 1. The van der Waals surface area contributed by atoms with Gasteiger partial charge in [0.05, 0.1) is 5.69 Å². The van der Waals surface area contributed by atoms with E-state index in [0.717, 1.165) is 18.8 Å². The minimum atomic E-state index is 0.342. The molecule has 1 aromatic rings. The molecule has 3 N–H and O–H groups in total. The quantitative estimate of drug-likeness (QED) is 0.770. The van der Waals surface area contributed by atoms with Gasteiger partial charge in [0, 0.05) is 19.3 Å². The fourth-order valence-corrected chi connectivity index (χ4v) is 2.26. The molecule has 1 aliphatic heterocycles. The van der Waals surface area contributed by atoms with Crippen LogP contribution in [0, 0.1) is 0 Å². The molecule has 0 saturated carbocycles. The van der Waals surface area contributed by atoms with Crippen molar-refractivity contribution in [2.75, 3.05) is 31.5 Å². The topological polar surface area (TPSA) is 54.2 Å². The van der Waals surface area contributed by atoms with Crippen molar-refractivity contribution in [1.29, 1.82) is 0 Å². The molecule has 2 rings (SSSR count). The van der Waals surface area contributed by atoms with Gasteiger partial charge in [0.25, 0.3) is 0 Å². The summed E-state index contributed by atoms with van der Waals surface area (Å²) < 4.78 is 0. The van der Waals surface area contributed by atoms with Crippen molar-refractivity contribution in [2.24, 2.45) is 5.73 Å². The average Bonchev–Trinajstić information content (AvgIpc) is 2.82. The van der Waals surface area contributed by atoms with E-state index < -0.39 is 0 Å². The number of nitrogens with two attached hydrogens (primary N) is 1. The van der Waals surface area contributed by atoms with E-state index >= 15 is 0 Å². The lowest BCUT2D eigenvalue weighted by atomic mass is 10.3. The molecular formula is C12H18N4S. The number of hydrogen-bond donors (Lipinski definition) is 2. The molecular weight excluding hydrogens is 232 g/mol. The second-order valence-electron chi connectivity index (χ2n) is 4.24. The zero-order valence-corrected chi connectivity index (χ0v) is 10.7. The normalized spacial score (nSPS) is 16.0. The van der Waals surface area contributed by atoms with Gasteiger partial charge in [-0.2, -0.15) is 0 Å². The number of nitrogens with one attached hydrogen (secondary N) is 1. The van der Waals surface area contributed by atoms with Crippen molar-refractivity contribution >= 4 is 22.9 Å². The van der Waals surface area contributed by atoms with Crippen molar-refractivity contribution in [3.05, 3.63) is 24.0 Å². The van der Waals surface area contributed by atoms with Crippen LogP contribution in [0.5, 0.6) is 0 Å². The van der Waals surface area contributed by atoms with Crippen LogP contribution in [0.15, 0.2) is 18.3 Å². The fourth-order valence-electron chi connectivity index (χ4n) is 2.10. The van der Waals surface area contributed by atoms with E-state index in [0.29, 0.717) is 10.7 Å². The van der Waals surface area contributed by atoms with Crippen LogP contribution in [0.4, 0.5) is 5.69 Å². The van der Waals surface area contributed by atoms with E-state index in [1.807, 2.05) is 12.1 Å². The standard InChI is InChI=1S/C12H18N4S/c13-12(17)11-10(4-3-5-15-11)14-6-9-16-7-1-2-8-16/h3-5,14H,1-2,6-9H2,(H2,13,17). The first-order valence-electron chi connectivity index (χ1n) is 5.98. The summed E-state index contributed by atoms with van der Waals surface area (Å²) in [5.41, 5.74) is 7.24. The number of pyridine rings is 1. The second kappa shape index (κ2) is 5.93. The Morgan fingerprint density at radius 1 is 1.47 bits per heavy atom. The average molecular weight is 250 g/mol. The Kier molecular flexibility index (Phi) is 4.28. The summed E-state index contributed by atoms with van der Waals surface area (Å²) in [5, 5.41) is 3.35. The maximum atomic E-state index is 5.63. The monoisotopic (exact) mass is 250 g/mol. The van der Waals surface area contributed by atoms with Crippen molar-refractivity contribution in [3.63, 3.8) is 0 Å². The van der Waals surface area contributed by atoms with E-state index in [4.69, 9.17) is 18.0 Å². The van der Waals surface area contributed by atoms with Gasteiger partial charge in [0.15, 0.2) is 0 Å². The molecule has 0 spiro atoms. The molecule has 0 radical (unpaired) electrons. The highest BCUT2D eigenvalue weighted by Gasteiger charge is 2.11.